The van der Waals surface area contributed by atoms with Crippen LogP contribution in [0, 0.1) is 0 Å². The lowest BCUT2D eigenvalue weighted by molar-refractivity contribution is 0.794. The van der Waals surface area contributed by atoms with Crippen molar-refractivity contribution >= 4 is 17.7 Å². The summed E-state index contributed by atoms with van der Waals surface area (Å²) in [7, 11) is 1.85. The maximum atomic E-state index is 5.65. The van der Waals surface area contributed by atoms with E-state index in [0.717, 1.165) is 22.3 Å². The van der Waals surface area contributed by atoms with Crippen LogP contribution in [0.15, 0.2) is 47.8 Å². The number of aromatic nitrogens is 5. The van der Waals surface area contributed by atoms with Crippen LogP contribution in [0.5, 0.6) is 0 Å². The molecule has 2 heterocycles. The third kappa shape index (κ3) is 2.53. The first-order chi connectivity index (χ1) is 9.74. The smallest absolute Gasteiger partial charge is 0.222 e. The van der Waals surface area contributed by atoms with Crippen LogP contribution in [0.1, 0.15) is 5.69 Å². The van der Waals surface area contributed by atoms with Gasteiger partial charge >= 0.3 is 0 Å². The van der Waals surface area contributed by atoms with Crippen LogP contribution in [-0.4, -0.2) is 24.5 Å². The van der Waals surface area contributed by atoms with Gasteiger partial charge in [-0.15, -0.1) is 10.2 Å². The molecule has 102 valence electrons. The summed E-state index contributed by atoms with van der Waals surface area (Å²) in [5.74, 6) is 1.15. The molecule has 7 heteroatoms. The number of hydrogen-bond acceptors (Lipinski definition) is 5. The van der Waals surface area contributed by atoms with Crippen molar-refractivity contribution in [3.05, 3.63) is 48.3 Å². The Morgan fingerprint density at radius 2 is 1.95 bits per heavy atom. The van der Waals surface area contributed by atoms with Crippen LogP contribution < -0.4 is 5.73 Å². The Morgan fingerprint density at radius 1 is 1.15 bits per heavy atom. The first-order valence-corrected chi connectivity index (χ1v) is 7.10. The van der Waals surface area contributed by atoms with Crippen molar-refractivity contribution in [1.82, 2.24) is 24.5 Å². The Labute approximate surface area is 120 Å². The van der Waals surface area contributed by atoms with E-state index in [1.165, 1.54) is 0 Å². The molecule has 1 aromatic carbocycles. The highest BCUT2D eigenvalue weighted by Crippen LogP contribution is 2.21. The first kappa shape index (κ1) is 12.7. The van der Waals surface area contributed by atoms with Gasteiger partial charge in [0.15, 0.2) is 5.16 Å². The monoisotopic (exact) mass is 286 g/mol. The average Bonchev–Trinajstić information content (AvgIpc) is 3.07. The number of hydrogen-bond donors (Lipinski definition) is 1. The van der Waals surface area contributed by atoms with E-state index in [1.54, 1.807) is 16.3 Å². The van der Waals surface area contributed by atoms with Crippen molar-refractivity contribution in [3.8, 4) is 5.69 Å². The molecule has 2 N–H and O–H groups in total. The fraction of sp³-hybridized carbons (Fsp3) is 0.154. The predicted octanol–water partition coefficient (Wildman–Crippen LogP) is 1.88. The molecule has 20 heavy (non-hydrogen) atoms. The summed E-state index contributed by atoms with van der Waals surface area (Å²) in [6.07, 6.45) is 1.95. The van der Waals surface area contributed by atoms with Crippen LogP contribution in [0.3, 0.4) is 0 Å². The second-order valence-corrected chi connectivity index (χ2v) is 5.22. The highest BCUT2D eigenvalue weighted by molar-refractivity contribution is 7.98. The molecule has 0 radical (unpaired) electrons. The van der Waals surface area contributed by atoms with E-state index in [9.17, 15) is 0 Å². The van der Waals surface area contributed by atoms with Crippen LogP contribution in [0.4, 0.5) is 5.95 Å². The molecule has 3 aromatic rings. The van der Waals surface area contributed by atoms with E-state index in [2.05, 4.69) is 15.3 Å². The van der Waals surface area contributed by atoms with Gasteiger partial charge in [-0.3, -0.25) is 4.57 Å². The summed E-state index contributed by atoms with van der Waals surface area (Å²) in [5, 5.41) is 13.2. The molecule has 0 fully saturated rings. The molecule has 0 atom stereocenters. The molecule has 0 unspecified atom stereocenters. The Morgan fingerprint density at radius 3 is 2.65 bits per heavy atom. The zero-order chi connectivity index (χ0) is 13.9. The lowest BCUT2D eigenvalue weighted by Crippen LogP contribution is -1.98. The molecule has 0 saturated carbocycles. The Kier molecular flexibility index (Phi) is 3.42. The molecule has 0 amide bonds. The number of anilines is 1. The summed E-state index contributed by atoms with van der Waals surface area (Å²) in [5.41, 5.74) is 7.68. The number of nitrogens with zero attached hydrogens (tertiary/aromatic N) is 5. The molecule has 3 rings (SSSR count). The van der Waals surface area contributed by atoms with Crippen molar-refractivity contribution < 1.29 is 0 Å². The standard InChI is InChI=1S/C13H14N6S/c1-18-12(14)15-16-13(18)20-9-10-7-8-19(17-10)11-5-3-2-4-6-11/h2-8H,9H2,1H3,(H2,14,15). The quantitative estimate of drug-likeness (QED) is 0.741. The number of para-hydroxylation sites is 1. The lowest BCUT2D eigenvalue weighted by atomic mass is 10.3. The molecule has 0 saturated heterocycles. The van der Waals surface area contributed by atoms with Crippen molar-refractivity contribution in [2.45, 2.75) is 10.9 Å². The number of benzene rings is 1. The molecule has 0 aliphatic rings. The van der Waals surface area contributed by atoms with Crippen LogP contribution in [0.2, 0.25) is 0 Å². The maximum Gasteiger partial charge on any atom is 0.222 e. The molecule has 0 spiro atoms. The van der Waals surface area contributed by atoms with Crippen molar-refractivity contribution in [3.63, 3.8) is 0 Å². The predicted molar refractivity (Wildman–Crippen MR) is 78.5 cm³/mol. The summed E-state index contributed by atoms with van der Waals surface area (Å²) >= 11 is 1.56. The number of nitrogen functional groups attached to an aromatic ring is 1. The van der Waals surface area contributed by atoms with Crippen molar-refractivity contribution in [2.75, 3.05) is 5.73 Å². The summed E-state index contributed by atoms with van der Waals surface area (Å²) < 4.78 is 3.62. The third-order valence-electron chi connectivity index (χ3n) is 2.88. The Bertz CT molecular complexity index is 703. The second-order valence-electron chi connectivity index (χ2n) is 4.28. The SMILES string of the molecule is Cn1c(N)nnc1SCc1ccn(-c2ccccc2)n1. The van der Waals surface area contributed by atoms with Crippen molar-refractivity contribution in [1.29, 1.82) is 0 Å². The van der Waals surface area contributed by atoms with E-state index in [-0.39, 0.29) is 0 Å². The molecule has 0 bridgehead atoms. The first-order valence-electron chi connectivity index (χ1n) is 6.11. The van der Waals surface area contributed by atoms with E-state index >= 15 is 0 Å². The minimum atomic E-state index is 0.419. The van der Waals surface area contributed by atoms with Gasteiger partial charge in [-0.1, -0.05) is 30.0 Å². The fourth-order valence-corrected chi connectivity index (χ4v) is 2.57. The highest BCUT2D eigenvalue weighted by atomic mass is 32.2. The Balaban J connectivity index is 1.70. The molecule has 2 aromatic heterocycles. The lowest BCUT2D eigenvalue weighted by Gasteiger charge is -2.00. The summed E-state index contributed by atoms with van der Waals surface area (Å²) in [6, 6.07) is 12.0. The van der Waals surface area contributed by atoms with Gasteiger partial charge in [0.25, 0.3) is 0 Å². The molecular weight excluding hydrogens is 272 g/mol. The van der Waals surface area contributed by atoms with Crippen LogP contribution >= 0.6 is 11.8 Å². The second kappa shape index (κ2) is 5.38. The van der Waals surface area contributed by atoms with Gasteiger partial charge in [0.1, 0.15) is 0 Å². The van der Waals surface area contributed by atoms with Gasteiger partial charge in [0.05, 0.1) is 11.4 Å². The molecule has 0 aliphatic heterocycles. The third-order valence-corrected chi connectivity index (χ3v) is 3.94. The van der Waals surface area contributed by atoms with Crippen LogP contribution in [0.25, 0.3) is 5.69 Å². The Hall–Kier alpha value is -2.28. The zero-order valence-electron chi connectivity index (χ0n) is 11.0. The minimum absolute atomic E-state index is 0.419. The van der Waals surface area contributed by atoms with E-state index in [0.29, 0.717) is 5.95 Å². The van der Waals surface area contributed by atoms with Crippen molar-refractivity contribution in [2.24, 2.45) is 7.05 Å². The molecule has 6 nitrogen and oxygen atoms in total. The van der Waals surface area contributed by atoms with Gasteiger partial charge in [0, 0.05) is 19.0 Å². The largest absolute Gasteiger partial charge is 0.368 e. The van der Waals surface area contributed by atoms with Gasteiger partial charge in [0.2, 0.25) is 5.95 Å². The van der Waals surface area contributed by atoms with Gasteiger partial charge in [-0.05, 0) is 18.2 Å². The molecule has 0 aliphatic carbocycles. The molecular formula is C13H14N6S. The highest BCUT2D eigenvalue weighted by Gasteiger charge is 2.08. The minimum Gasteiger partial charge on any atom is -0.368 e. The number of thioether (sulfide) groups is 1. The van der Waals surface area contributed by atoms with Gasteiger partial charge in [-0.25, -0.2) is 4.68 Å². The van der Waals surface area contributed by atoms with Crippen LogP contribution in [-0.2, 0) is 12.8 Å². The van der Waals surface area contributed by atoms with E-state index in [4.69, 9.17) is 5.73 Å². The fourth-order valence-electron chi connectivity index (χ4n) is 1.75. The normalized spacial score (nSPS) is 10.8. The summed E-state index contributed by atoms with van der Waals surface area (Å²) in [6.45, 7) is 0. The summed E-state index contributed by atoms with van der Waals surface area (Å²) in [4.78, 5) is 0. The van der Waals surface area contributed by atoms with Gasteiger partial charge < -0.3 is 5.73 Å². The van der Waals surface area contributed by atoms with E-state index in [1.807, 2.05) is 54.3 Å². The van der Waals surface area contributed by atoms with E-state index < -0.39 is 0 Å². The number of rotatable bonds is 4. The van der Waals surface area contributed by atoms with Gasteiger partial charge in [-0.2, -0.15) is 5.10 Å². The maximum absolute atomic E-state index is 5.65. The number of nitrogens with two attached hydrogens (primary N) is 1. The zero-order valence-corrected chi connectivity index (χ0v) is 11.8. The topological polar surface area (TPSA) is 74.6 Å². The average molecular weight is 286 g/mol.